The fraction of sp³-hybridized carbons (Fsp3) is 0.632. The Bertz CT molecular complexity index is 547. The average molecular weight is 346 g/mol. The molecule has 2 saturated heterocycles. The maximum atomic E-state index is 12.4. The van der Waals surface area contributed by atoms with Crippen molar-refractivity contribution in [2.24, 2.45) is 0 Å². The topological polar surface area (TPSA) is 39.3 Å². The molecule has 1 aromatic rings. The number of anilines is 1. The van der Waals surface area contributed by atoms with E-state index in [0.29, 0.717) is 12.3 Å². The van der Waals surface area contributed by atoms with Crippen LogP contribution in [0.4, 0.5) is 5.69 Å². The van der Waals surface area contributed by atoms with Crippen molar-refractivity contribution >= 4 is 11.6 Å². The molecule has 0 atom stereocenters. The number of methoxy groups -OCH3 is 1. The molecule has 6 heteroatoms. The molecule has 0 saturated carbocycles. The third kappa shape index (κ3) is 4.86. The molecular weight excluding hydrogens is 316 g/mol. The minimum absolute atomic E-state index is 0.311. The number of carbonyl (C=O) groups is 1. The zero-order valence-corrected chi connectivity index (χ0v) is 15.5. The van der Waals surface area contributed by atoms with Crippen LogP contribution in [-0.2, 0) is 4.79 Å². The fourth-order valence-electron chi connectivity index (χ4n) is 3.49. The molecule has 0 unspecified atom stereocenters. The predicted molar refractivity (Wildman–Crippen MR) is 100 cm³/mol. The summed E-state index contributed by atoms with van der Waals surface area (Å²) in [7, 11) is 3.81. The van der Waals surface area contributed by atoms with Crippen LogP contribution in [0.15, 0.2) is 24.3 Å². The van der Waals surface area contributed by atoms with E-state index in [0.717, 1.165) is 64.7 Å². The van der Waals surface area contributed by atoms with E-state index >= 15 is 0 Å². The molecule has 0 N–H and O–H groups in total. The third-order valence-corrected chi connectivity index (χ3v) is 5.31. The van der Waals surface area contributed by atoms with E-state index in [2.05, 4.69) is 33.9 Å². The number of benzene rings is 1. The lowest BCUT2D eigenvalue weighted by Crippen LogP contribution is -2.49. The van der Waals surface area contributed by atoms with Crippen LogP contribution in [0.3, 0.4) is 0 Å². The molecule has 0 aromatic heterocycles. The summed E-state index contributed by atoms with van der Waals surface area (Å²) in [6.07, 6.45) is 0.645. The zero-order valence-electron chi connectivity index (χ0n) is 15.5. The molecule has 3 rings (SSSR count). The summed E-state index contributed by atoms with van der Waals surface area (Å²) in [4.78, 5) is 21.5. The first kappa shape index (κ1) is 18.0. The summed E-state index contributed by atoms with van der Waals surface area (Å²) in [5.41, 5.74) is 1.24. The molecule has 1 amide bonds. The highest BCUT2D eigenvalue weighted by Gasteiger charge is 2.21. The van der Waals surface area contributed by atoms with Crippen LogP contribution in [0.5, 0.6) is 5.75 Å². The van der Waals surface area contributed by atoms with Crippen LogP contribution >= 0.6 is 0 Å². The highest BCUT2D eigenvalue weighted by Crippen LogP contribution is 2.20. The summed E-state index contributed by atoms with van der Waals surface area (Å²) >= 11 is 0. The third-order valence-electron chi connectivity index (χ3n) is 5.31. The number of nitrogens with zero attached hydrogens (tertiary/aromatic N) is 4. The van der Waals surface area contributed by atoms with Gasteiger partial charge >= 0.3 is 0 Å². The van der Waals surface area contributed by atoms with Gasteiger partial charge < -0.3 is 19.4 Å². The molecule has 0 spiro atoms. The molecule has 2 aliphatic heterocycles. The maximum Gasteiger partial charge on any atom is 0.223 e. The van der Waals surface area contributed by atoms with Crippen molar-refractivity contribution in [2.75, 3.05) is 78.0 Å². The van der Waals surface area contributed by atoms with E-state index < -0.39 is 0 Å². The van der Waals surface area contributed by atoms with Gasteiger partial charge in [0.1, 0.15) is 5.75 Å². The van der Waals surface area contributed by atoms with E-state index in [1.807, 2.05) is 17.0 Å². The lowest BCUT2D eigenvalue weighted by atomic mass is 10.2. The summed E-state index contributed by atoms with van der Waals surface area (Å²) in [5, 5.41) is 0. The van der Waals surface area contributed by atoms with Crippen LogP contribution < -0.4 is 9.64 Å². The molecule has 6 nitrogen and oxygen atoms in total. The Labute approximate surface area is 150 Å². The van der Waals surface area contributed by atoms with Crippen molar-refractivity contribution in [3.63, 3.8) is 0 Å². The summed E-state index contributed by atoms with van der Waals surface area (Å²) in [6.45, 7) is 8.66. The van der Waals surface area contributed by atoms with Crippen molar-refractivity contribution in [2.45, 2.75) is 6.42 Å². The first-order valence-corrected chi connectivity index (χ1v) is 9.23. The first-order valence-electron chi connectivity index (χ1n) is 9.23. The van der Waals surface area contributed by atoms with Crippen LogP contribution in [0.1, 0.15) is 6.42 Å². The minimum Gasteiger partial charge on any atom is -0.497 e. The SMILES string of the molecule is COc1ccc(N2CCN(CCC(=O)N3CCN(C)CC3)CC2)cc1. The highest BCUT2D eigenvalue weighted by atomic mass is 16.5. The fourth-order valence-corrected chi connectivity index (χ4v) is 3.49. The van der Waals surface area contributed by atoms with Gasteiger partial charge in [0.05, 0.1) is 7.11 Å². The van der Waals surface area contributed by atoms with E-state index in [9.17, 15) is 4.79 Å². The molecule has 25 heavy (non-hydrogen) atoms. The summed E-state index contributed by atoms with van der Waals surface area (Å²) in [6, 6.07) is 8.25. The standard InChI is InChI=1S/C19H30N4O2/c1-20-9-13-23(14-10-20)19(24)7-8-21-11-15-22(16-12-21)17-3-5-18(25-2)6-4-17/h3-6H,7-16H2,1-2H3. The number of carbonyl (C=O) groups excluding carboxylic acids is 1. The molecular formula is C19H30N4O2. The Morgan fingerprint density at radius 3 is 2.20 bits per heavy atom. The Morgan fingerprint density at radius 2 is 1.60 bits per heavy atom. The van der Waals surface area contributed by atoms with Gasteiger partial charge in [-0.05, 0) is 31.3 Å². The van der Waals surface area contributed by atoms with Crippen molar-refractivity contribution < 1.29 is 9.53 Å². The Balaban J connectivity index is 1.39. The number of ether oxygens (including phenoxy) is 1. The smallest absolute Gasteiger partial charge is 0.223 e. The largest absolute Gasteiger partial charge is 0.497 e. The van der Waals surface area contributed by atoms with E-state index in [1.165, 1.54) is 5.69 Å². The van der Waals surface area contributed by atoms with E-state index in [1.54, 1.807) is 7.11 Å². The summed E-state index contributed by atoms with van der Waals surface area (Å²) in [5.74, 6) is 1.20. The van der Waals surface area contributed by atoms with Crippen molar-refractivity contribution in [1.29, 1.82) is 0 Å². The van der Waals surface area contributed by atoms with Gasteiger partial charge in [-0.25, -0.2) is 0 Å². The quantitative estimate of drug-likeness (QED) is 0.795. The monoisotopic (exact) mass is 346 g/mol. The second kappa shape index (κ2) is 8.54. The van der Waals surface area contributed by atoms with E-state index in [-0.39, 0.29) is 0 Å². The minimum atomic E-state index is 0.311. The van der Waals surface area contributed by atoms with Crippen LogP contribution in [0.25, 0.3) is 0 Å². The molecule has 1 aromatic carbocycles. The van der Waals surface area contributed by atoms with Gasteiger partial charge in [0.25, 0.3) is 0 Å². The lowest BCUT2D eigenvalue weighted by Gasteiger charge is -2.37. The number of hydrogen-bond donors (Lipinski definition) is 0. The molecule has 0 radical (unpaired) electrons. The normalized spacial score (nSPS) is 19.9. The lowest BCUT2D eigenvalue weighted by molar-refractivity contribution is -0.133. The van der Waals surface area contributed by atoms with E-state index in [4.69, 9.17) is 4.74 Å². The zero-order chi connectivity index (χ0) is 17.6. The molecule has 2 heterocycles. The van der Waals surface area contributed by atoms with Crippen LogP contribution in [0.2, 0.25) is 0 Å². The number of rotatable bonds is 5. The first-order chi connectivity index (χ1) is 12.2. The maximum absolute atomic E-state index is 12.4. The van der Waals surface area contributed by atoms with Gasteiger partial charge in [-0.1, -0.05) is 0 Å². The number of piperazine rings is 2. The van der Waals surface area contributed by atoms with Gasteiger partial charge in [-0.15, -0.1) is 0 Å². The second-order valence-electron chi connectivity index (χ2n) is 6.96. The Morgan fingerprint density at radius 1 is 0.960 bits per heavy atom. The second-order valence-corrected chi connectivity index (χ2v) is 6.96. The molecule has 0 aliphatic carbocycles. The molecule has 2 aliphatic rings. The van der Waals surface area contributed by atoms with Crippen molar-refractivity contribution in [1.82, 2.24) is 14.7 Å². The average Bonchev–Trinajstić information content (AvgIpc) is 2.67. The van der Waals surface area contributed by atoms with Crippen molar-refractivity contribution in [3.8, 4) is 5.75 Å². The van der Waals surface area contributed by atoms with Gasteiger partial charge in [0.15, 0.2) is 0 Å². The van der Waals surface area contributed by atoms with Crippen LogP contribution in [-0.4, -0.2) is 93.7 Å². The van der Waals surface area contributed by atoms with Gasteiger partial charge in [0.2, 0.25) is 5.91 Å². The molecule has 138 valence electrons. The number of amides is 1. The molecule has 0 bridgehead atoms. The highest BCUT2D eigenvalue weighted by molar-refractivity contribution is 5.76. The van der Waals surface area contributed by atoms with Crippen molar-refractivity contribution in [3.05, 3.63) is 24.3 Å². The van der Waals surface area contributed by atoms with Crippen LogP contribution in [0, 0.1) is 0 Å². The Hall–Kier alpha value is -1.79. The molecule has 2 fully saturated rings. The number of likely N-dealkylation sites (N-methyl/N-ethyl adjacent to an activating group) is 1. The Kier molecular flexibility index (Phi) is 6.15. The summed E-state index contributed by atoms with van der Waals surface area (Å²) < 4.78 is 5.22. The van der Waals surface area contributed by atoms with Gasteiger partial charge in [-0.2, -0.15) is 0 Å². The predicted octanol–water partition coefficient (Wildman–Crippen LogP) is 0.981. The van der Waals surface area contributed by atoms with Gasteiger partial charge in [0, 0.05) is 71.0 Å². The van der Waals surface area contributed by atoms with Gasteiger partial charge in [-0.3, -0.25) is 9.69 Å². The number of hydrogen-bond acceptors (Lipinski definition) is 5.